The third kappa shape index (κ3) is 9.97. The van der Waals surface area contributed by atoms with Gasteiger partial charge in [0.05, 0.1) is 31.8 Å². The number of sulfonamides is 1. The maximum atomic E-state index is 13.6. The van der Waals surface area contributed by atoms with E-state index in [0.29, 0.717) is 37.6 Å². The number of rotatable bonds is 15. The van der Waals surface area contributed by atoms with Crippen molar-refractivity contribution in [2.45, 2.75) is 32.0 Å². The van der Waals surface area contributed by atoms with Crippen LogP contribution in [0.2, 0.25) is 10.0 Å². The van der Waals surface area contributed by atoms with Crippen molar-refractivity contribution < 1.29 is 50.8 Å². The second kappa shape index (κ2) is 15.9. The van der Waals surface area contributed by atoms with Crippen LogP contribution in [0.25, 0.3) is 0 Å². The number of pyridine rings is 1. The van der Waals surface area contributed by atoms with Crippen LogP contribution >= 0.6 is 23.2 Å². The van der Waals surface area contributed by atoms with Gasteiger partial charge in [0.2, 0.25) is 10.0 Å². The van der Waals surface area contributed by atoms with E-state index in [-0.39, 0.29) is 69.4 Å². The zero-order valence-electron chi connectivity index (χ0n) is 26.4. The van der Waals surface area contributed by atoms with E-state index < -0.39 is 34.5 Å². The minimum absolute atomic E-state index is 0.00134. The number of esters is 1. The number of anilines is 1. The molecule has 12 nitrogen and oxygen atoms in total. The number of morpholine rings is 1. The summed E-state index contributed by atoms with van der Waals surface area (Å²) in [5, 5.41) is 22.8. The molecule has 1 saturated heterocycles. The quantitative estimate of drug-likeness (QED) is 0.129. The molecule has 2 aliphatic rings. The summed E-state index contributed by atoms with van der Waals surface area (Å²) in [6, 6.07) is 7.84. The average Bonchev–Trinajstić information content (AvgIpc) is 3.86. The first kappa shape index (κ1) is 36.6. The van der Waals surface area contributed by atoms with Crippen molar-refractivity contribution in [3.05, 3.63) is 80.7 Å². The van der Waals surface area contributed by atoms with Gasteiger partial charge in [-0.25, -0.2) is 13.2 Å². The van der Waals surface area contributed by atoms with E-state index in [1.807, 2.05) is 0 Å². The van der Waals surface area contributed by atoms with Crippen molar-refractivity contribution in [3.63, 3.8) is 0 Å². The minimum Gasteiger partial charge on any atom is -0.619 e. The highest BCUT2D eigenvalue weighted by Gasteiger charge is 2.28. The van der Waals surface area contributed by atoms with Crippen molar-refractivity contribution in [3.8, 4) is 17.2 Å². The Kier molecular flexibility index (Phi) is 11.9. The molecule has 2 fully saturated rings. The molecule has 0 unspecified atom stereocenters. The lowest BCUT2D eigenvalue weighted by Crippen LogP contribution is -2.43. The molecule has 1 aliphatic heterocycles. The Labute approximate surface area is 292 Å². The fourth-order valence-corrected chi connectivity index (χ4v) is 6.75. The lowest BCUT2D eigenvalue weighted by molar-refractivity contribution is -0.605. The predicted octanol–water partition coefficient (Wildman–Crippen LogP) is 4.96. The molecule has 1 N–H and O–H groups in total. The normalized spacial score (nSPS) is 16.0. The molecule has 1 atom stereocenters. The molecule has 0 bridgehead atoms. The van der Waals surface area contributed by atoms with Crippen LogP contribution in [-0.4, -0.2) is 83.3 Å². The number of hydrogen-bond donors (Lipinski definition) is 1. The Morgan fingerprint density at radius 3 is 2.43 bits per heavy atom. The van der Waals surface area contributed by atoms with Crippen molar-refractivity contribution in [1.82, 2.24) is 4.90 Å². The third-order valence-corrected chi connectivity index (χ3v) is 9.88. The van der Waals surface area contributed by atoms with Crippen LogP contribution in [0.1, 0.15) is 40.4 Å². The molecule has 1 aromatic heterocycles. The maximum absolute atomic E-state index is 13.6. The van der Waals surface area contributed by atoms with E-state index in [4.69, 9.17) is 37.4 Å². The molecule has 49 heavy (non-hydrogen) atoms. The van der Waals surface area contributed by atoms with Gasteiger partial charge in [-0.05, 0) is 48.6 Å². The lowest BCUT2D eigenvalue weighted by Gasteiger charge is -2.30. The predicted molar refractivity (Wildman–Crippen MR) is 176 cm³/mol. The zero-order chi connectivity index (χ0) is 35.3. The van der Waals surface area contributed by atoms with Crippen molar-refractivity contribution in [2.75, 3.05) is 56.6 Å². The third-order valence-electron chi connectivity index (χ3n) is 8.04. The molecule has 266 valence electrons. The van der Waals surface area contributed by atoms with E-state index in [2.05, 4.69) is 9.64 Å². The Hall–Kier alpha value is -3.63. The lowest BCUT2D eigenvalue weighted by atomic mass is 10.0. The van der Waals surface area contributed by atoms with Crippen LogP contribution in [0.4, 0.5) is 14.5 Å². The molecule has 1 aliphatic carbocycles. The molecule has 3 aromatic rings. The second-order valence-electron chi connectivity index (χ2n) is 11.7. The van der Waals surface area contributed by atoms with E-state index in [0.717, 1.165) is 41.9 Å². The van der Waals surface area contributed by atoms with Gasteiger partial charge in [-0.3, -0.25) is 9.21 Å². The van der Waals surface area contributed by atoms with Crippen LogP contribution < -0.4 is 18.5 Å². The van der Waals surface area contributed by atoms with Crippen LogP contribution in [0.3, 0.4) is 0 Å². The zero-order valence-corrected chi connectivity index (χ0v) is 28.7. The van der Waals surface area contributed by atoms with Crippen molar-refractivity contribution in [2.24, 2.45) is 5.92 Å². The van der Waals surface area contributed by atoms with Crippen molar-refractivity contribution in [1.29, 1.82) is 0 Å². The largest absolute Gasteiger partial charge is 0.619 e. The summed E-state index contributed by atoms with van der Waals surface area (Å²) in [7, 11) is -3.76. The first-order valence-corrected chi connectivity index (χ1v) is 18.0. The number of ether oxygens (including phenoxy) is 4. The summed E-state index contributed by atoms with van der Waals surface area (Å²) in [5.41, 5.74) is 0.405. The van der Waals surface area contributed by atoms with Gasteiger partial charge >= 0.3 is 12.6 Å². The number of halogens is 4. The van der Waals surface area contributed by atoms with Gasteiger partial charge in [-0.1, -0.05) is 29.3 Å². The summed E-state index contributed by atoms with van der Waals surface area (Å²) in [4.78, 5) is 15.6. The Morgan fingerprint density at radius 1 is 1.12 bits per heavy atom. The monoisotopic (exact) mass is 745 g/mol. The van der Waals surface area contributed by atoms with E-state index in [1.165, 1.54) is 30.3 Å². The summed E-state index contributed by atoms with van der Waals surface area (Å²) in [6.07, 6.45) is 3.72. The topological polar surface area (TPSA) is 142 Å². The van der Waals surface area contributed by atoms with Crippen LogP contribution in [0.5, 0.6) is 17.2 Å². The fraction of sp³-hybridized carbons (Fsp3) is 0.438. The highest BCUT2D eigenvalue weighted by atomic mass is 35.5. The Morgan fingerprint density at radius 2 is 1.82 bits per heavy atom. The number of carbonyl (C=O) groups is 1. The fourth-order valence-electron chi connectivity index (χ4n) is 5.25. The smallest absolute Gasteiger partial charge is 0.387 e. The summed E-state index contributed by atoms with van der Waals surface area (Å²) in [6.45, 7) is 0.0674. The van der Waals surface area contributed by atoms with Gasteiger partial charge in [-0.2, -0.15) is 13.5 Å². The number of aromatic hydroxyl groups is 1. The van der Waals surface area contributed by atoms with E-state index in [1.54, 1.807) is 0 Å². The number of alkyl halides is 2. The number of hydrogen-bond acceptors (Lipinski definition) is 10. The van der Waals surface area contributed by atoms with Crippen LogP contribution in [0.15, 0.2) is 48.8 Å². The van der Waals surface area contributed by atoms with Crippen LogP contribution in [-0.2, 0) is 25.9 Å². The first-order chi connectivity index (χ1) is 23.3. The number of phenolic OH excluding ortho intramolecular Hbond substituents is 1. The standard InChI is InChI=1S/C32H35Cl2F2N3O9S/c1-49(43,44)39(9-8-37-10-12-45-13-11-37)22-5-6-23(27(40)15-22)31(41)47-29(16-24-25(33)17-38(42)18-26(24)34)21-4-7-28(48-32(35)36)30(14-21)46-19-20-2-3-20/h4-7,14-15,17-18,20,29,32,40H,2-3,8-13,16,19H2,1H3/t29-/m0/s1. The van der Waals surface area contributed by atoms with Gasteiger partial charge in [0.25, 0.3) is 0 Å². The molecule has 2 heterocycles. The molecule has 17 heteroatoms. The number of aromatic nitrogens is 1. The molecule has 1 saturated carbocycles. The Balaban J connectivity index is 1.43. The molecule has 0 radical (unpaired) electrons. The number of nitrogens with zero attached hydrogens (tertiary/aromatic N) is 3. The molecule has 5 rings (SSSR count). The maximum Gasteiger partial charge on any atom is 0.387 e. The molecule has 0 amide bonds. The highest BCUT2D eigenvalue weighted by molar-refractivity contribution is 7.92. The first-order valence-electron chi connectivity index (χ1n) is 15.4. The average molecular weight is 747 g/mol. The van der Waals surface area contributed by atoms with Gasteiger partial charge < -0.3 is 29.3 Å². The Bertz CT molecular complexity index is 1740. The van der Waals surface area contributed by atoms with Crippen LogP contribution in [0, 0.1) is 11.1 Å². The van der Waals surface area contributed by atoms with Gasteiger partial charge in [0, 0.05) is 44.2 Å². The van der Waals surface area contributed by atoms with E-state index in [9.17, 15) is 32.3 Å². The second-order valence-corrected chi connectivity index (χ2v) is 14.4. The number of benzene rings is 2. The van der Waals surface area contributed by atoms with Gasteiger partial charge in [0.1, 0.15) is 27.5 Å². The van der Waals surface area contributed by atoms with E-state index >= 15 is 0 Å². The molecule has 0 spiro atoms. The summed E-state index contributed by atoms with van der Waals surface area (Å²) < 4.78 is 74.9. The van der Waals surface area contributed by atoms with Gasteiger partial charge in [0.15, 0.2) is 23.9 Å². The number of phenols is 1. The summed E-state index contributed by atoms with van der Waals surface area (Å²) >= 11 is 12.7. The van der Waals surface area contributed by atoms with Crippen molar-refractivity contribution >= 4 is 44.9 Å². The number of carbonyl (C=O) groups excluding carboxylic acids is 1. The molecular formula is C32H35Cl2F2N3O9S. The molecule has 2 aromatic carbocycles. The SMILES string of the molecule is CS(=O)(=O)N(CCN1CCOCC1)c1ccc(C(=O)O[C@@H](Cc2c(Cl)c[n+]([O-])cc2Cl)c2ccc(OC(F)F)c(OCC3CC3)c2)c(O)c1. The minimum atomic E-state index is -3.76. The summed E-state index contributed by atoms with van der Waals surface area (Å²) in [5.74, 6) is -1.48. The highest BCUT2D eigenvalue weighted by Crippen LogP contribution is 2.38. The van der Waals surface area contributed by atoms with Gasteiger partial charge in [-0.15, -0.1) is 0 Å². The molecular weight excluding hydrogens is 711 g/mol.